The second-order valence-corrected chi connectivity index (χ2v) is 6.38. The van der Waals surface area contributed by atoms with Gasteiger partial charge in [0.1, 0.15) is 11.2 Å². The van der Waals surface area contributed by atoms with Gasteiger partial charge in [0.15, 0.2) is 0 Å². The average Bonchev–Trinajstić information content (AvgIpc) is 2.57. The monoisotopic (exact) mass is 395 g/mol. The molecule has 0 spiro atoms. The first-order valence-electron chi connectivity index (χ1n) is 7.77. The maximum Gasteiger partial charge on any atom is 0.345 e. The van der Waals surface area contributed by atoms with Crippen molar-refractivity contribution in [1.82, 2.24) is 14.3 Å². The Bertz CT molecular complexity index is 815. The first-order chi connectivity index (χ1) is 11.6. The van der Waals surface area contributed by atoms with E-state index in [1.54, 1.807) is 13.1 Å². The summed E-state index contributed by atoms with van der Waals surface area (Å²) in [4.78, 5) is 31.1. The number of nitrogens with zero attached hydrogens (tertiary/aromatic N) is 3. The number of fused-ring (bicyclic) bond motifs is 1. The SMILES string of the molecule is CCOC(=O)c1cnc2c(CN3CCOCC3)cc(Br)cn2c1=O. The van der Waals surface area contributed by atoms with E-state index in [0.29, 0.717) is 25.4 Å². The molecule has 2 aromatic heterocycles. The minimum atomic E-state index is -0.654. The molecule has 7 nitrogen and oxygen atoms in total. The molecule has 1 aliphatic heterocycles. The summed E-state index contributed by atoms with van der Waals surface area (Å²) < 4.78 is 12.4. The number of ether oxygens (including phenoxy) is 2. The van der Waals surface area contributed by atoms with Crippen molar-refractivity contribution in [2.24, 2.45) is 0 Å². The second kappa shape index (κ2) is 7.42. The lowest BCUT2D eigenvalue weighted by molar-refractivity contribution is 0.0343. The van der Waals surface area contributed by atoms with Gasteiger partial charge in [-0.3, -0.25) is 14.1 Å². The highest BCUT2D eigenvalue weighted by atomic mass is 79.9. The van der Waals surface area contributed by atoms with Crippen molar-refractivity contribution in [3.8, 4) is 0 Å². The number of hydrogen-bond acceptors (Lipinski definition) is 6. The van der Waals surface area contributed by atoms with Crippen LogP contribution in [0.4, 0.5) is 0 Å². The second-order valence-electron chi connectivity index (χ2n) is 5.46. The van der Waals surface area contributed by atoms with E-state index in [1.165, 1.54) is 10.6 Å². The summed E-state index contributed by atoms with van der Waals surface area (Å²) in [6, 6.07) is 1.95. The van der Waals surface area contributed by atoms with E-state index >= 15 is 0 Å². The molecule has 24 heavy (non-hydrogen) atoms. The summed E-state index contributed by atoms with van der Waals surface area (Å²) in [5.41, 5.74) is 0.967. The molecule has 0 bridgehead atoms. The van der Waals surface area contributed by atoms with Gasteiger partial charge in [0.05, 0.1) is 19.8 Å². The summed E-state index contributed by atoms with van der Waals surface area (Å²) in [5.74, 6) is -0.654. The zero-order valence-corrected chi connectivity index (χ0v) is 14.9. The van der Waals surface area contributed by atoms with Crippen LogP contribution in [0, 0.1) is 0 Å². The molecule has 8 heteroatoms. The molecule has 0 saturated carbocycles. The van der Waals surface area contributed by atoms with E-state index in [0.717, 1.165) is 23.1 Å². The van der Waals surface area contributed by atoms with Gasteiger partial charge >= 0.3 is 5.97 Å². The van der Waals surface area contributed by atoms with Gasteiger partial charge < -0.3 is 9.47 Å². The number of aromatic nitrogens is 2. The van der Waals surface area contributed by atoms with Crippen LogP contribution < -0.4 is 5.56 Å². The number of carbonyl (C=O) groups is 1. The summed E-state index contributed by atoms with van der Waals surface area (Å²) in [6.07, 6.45) is 2.92. The normalized spacial score (nSPS) is 15.6. The molecular formula is C16H18BrN3O4. The van der Waals surface area contributed by atoms with E-state index in [1.807, 2.05) is 6.07 Å². The number of halogens is 1. The molecule has 0 unspecified atom stereocenters. The van der Waals surface area contributed by atoms with Crippen molar-refractivity contribution in [1.29, 1.82) is 0 Å². The third kappa shape index (κ3) is 3.50. The summed E-state index contributed by atoms with van der Waals surface area (Å²) in [5, 5.41) is 0. The third-order valence-electron chi connectivity index (χ3n) is 3.84. The highest BCUT2D eigenvalue weighted by Gasteiger charge is 2.18. The van der Waals surface area contributed by atoms with Crippen molar-refractivity contribution < 1.29 is 14.3 Å². The molecule has 0 N–H and O–H groups in total. The molecule has 1 saturated heterocycles. The molecule has 1 aliphatic rings. The summed E-state index contributed by atoms with van der Waals surface area (Å²) >= 11 is 3.43. The van der Waals surface area contributed by atoms with Gasteiger partial charge in [0, 0.05) is 42.1 Å². The Morgan fingerprint density at radius 3 is 2.88 bits per heavy atom. The van der Waals surface area contributed by atoms with Gasteiger partial charge in [-0.15, -0.1) is 0 Å². The van der Waals surface area contributed by atoms with Gasteiger partial charge in [-0.05, 0) is 28.9 Å². The highest BCUT2D eigenvalue weighted by molar-refractivity contribution is 9.10. The predicted octanol–water partition coefficient (Wildman–Crippen LogP) is 1.47. The Balaban J connectivity index is 2.03. The molecule has 2 aromatic rings. The Morgan fingerprint density at radius 2 is 2.17 bits per heavy atom. The van der Waals surface area contributed by atoms with Gasteiger partial charge in [0.2, 0.25) is 0 Å². The van der Waals surface area contributed by atoms with Crippen LogP contribution in [-0.4, -0.2) is 53.2 Å². The number of hydrogen-bond donors (Lipinski definition) is 0. The first kappa shape index (κ1) is 17.1. The van der Waals surface area contributed by atoms with Crippen LogP contribution in [-0.2, 0) is 16.0 Å². The topological polar surface area (TPSA) is 73.1 Å². The lowest BCUT2D eigenvalue weighted by Crippen LogP contribution is -2.36. The average molecular weight is 396 g/mol. The molecule has 1 fully saturated rings. The van der Waals surface area contributed by atoms with Crippen molar-refractivity contribution >= 4 is 27.5 Å². The molecular weight excluding hydrogens is 378 g/mol. The Kier molecular flexibility index (Phi) is 5.27. The fraction of sp³-hybridized carbons (Fsp3) is 0.438. The van der Waals surface area contributed by atoms with Crippen LogP contribution in [0.2, 0.25) is 0 Å². The zero-order valence-electron chi connectivity index (χ0n) is 13.3. The molecule has 128 valence electrons. The van der Waals surface area contributed by atoms with E-state index in [2.05, 4.69) is 25.8 Å². The summed E-state index contributed by atoms with van der Waals surface area (Å²) in [6.45, 7) is 5.65. The Labute approximate surface area is 147 Å². The van der Waals surface area contributed by atoms with Crippen LogP contribution in [0.1, 0.15) is 22.8 Å². The van der Waals surface area contributed by atoms with E-state index in [-0.39, 0.29) is 12.2 Å². The lowest BCUT2D eigenvalue weighted by atomic mass is 10.2. The van der Waals surface area contributed by atoms with Crippen LogP contribution in [0.3, 0.4) is 0 Å². The van der Waals surface area contributed by atoms with Crippen molar-refractivity contribution in [2.75, 3.05) is 32.9 Å². The molecule has 3 heterocycles. The fourth-order valence-electron chi connectivity index (χ4n) is 2.68. The lowest BCUT2D eigenvalue weighted by Gasteiger charge is -2.26. The van der Waals surface area contributed by atoms with E-state index in [9.17, 15) is 9.59 Å². The number of pyridine rings is 1. The number of esters is 1. The predicted molar refractivity (Wildman–Crippen MR) is 91.2 cm³/mol. The van der Waals surface area contributed by atoms with E-state index in [4.69, 9.17) is 9.47 Å². The van der Waals surface area contributed by atoms with Gasteiger partial charge in [-0.25, -0.2) is 9.78 Å². The number of morpholine rings is 1. The van der Waals surface area contributed by atoms with Gasteiger partial charge in [-0.1, -0.05) is 0 Å². The smallest absolute Gasteiger partial charge is 0.345 e. The minimum Gasteiger partial charge on any atom is -0.462 e. The molecule has 0 radical (unpaired) electrons. The van der Waals surface area contributed by atoms with Crippen molar-refractivity contribution in [3.05, 3.63) is 44.4 Å². The van der Waals surface area contributed by atoms with Gasteiger partial charge in [-0.2, -0.15) is 0 Å². The third-order valence-corrected chi connectivity index (χ3v) is 4.27. The quantitative estimate of drug-likeness (QED) is 0.729. The summed E-state index contributed by atoms with van der Waals surface area (Å²) in [7, 11) is 0. The van der Waals surface area contributed by atoms with Crippen LogP contribution in [0.25, 0.3) is 5.65 Å². The first-order valence-corrected chi connectivity index (χ1v) is 8.56. The van der Waals surface area contributed by atoms with Crippen LogP contribution in [0.5, 0.6) is 0 Å². The maximum atomic E-state index is 12.6. The Hall–Kier alpha value is -1.77. The largest absolute Gasteiger partial charge is 0.462 e. The zero-order chi connectivity index (χ0) is 17.1. The van der Waals surface area contributed by atoms with Crippen LogP contribution in [0.15, 0.2) is 27.7 Å². The molecule has 3 rings (SSSR count). The van der Waals surface area contributed by atoms with Gasteiger partial charge in [0.25, 0.3) is 5.56 Å². The number of carbonyl (C=O) groups excluding carboxylic acids is 1. The van der Waals surface area contributed by atoms with Crippen molar-refractivity contribution in [3.63, 3.8) is 0 Å². The van der Waals surface area contributed by atoms with Crippen LogP contribution >= 0.6 is 15.9 Å². The van der Waals surface area contributed by atoms with Crippen molar-refractivity contribution in [2.45, 2.75) is 13.5 Å². The highest BCUT2D eigenvalue weighted by Crippen LogP contribution is 2.18. The minimum absolute atomic E-state index is 0.0650. The molecule has 0 atom stereocenters. The molecule has 0 aliphatic carbocycles. The standard InChI is InChI=1S/C16H18BrN3O4/c1-2-24-16(22)13-8-18-14-11(9-19-3-5-23-6-4-19)7-12(17)10-20(14)15(13)21/h7-8,10H,2-6,9H2,1H3. The van der Waals surface area contributed by atoms with E-state index < -0.39 is 11.5 Å². The maximum absolute atomic E-state index is 12.6. The number of rotatable bonds is 4. The molecule has 0 amide bonds. The fourth-order valence-corrected chi connectivity index (χ4v) is 3.16. The molecule has 0 aromatic carbocycles. The Morgan fingerprint density at radius 1 is 1.42 bits per heavy atom.